The lowest BCUT2D eigenvalue weighted by molar-refractivity contribution is 0.456. The van der Waals surface area contributed by atoms with Gasteiger partial charge in [0.05, 0.1) is 11.0 Å². The van der Waals surface area contributed by atoms with Crippen LogP contribution in [0.25, 0.3) is 82.4 Å². The van der Waals surface area contributed by atoms with Crippen molar-refractivity contribution in [2.75, 3.05) is 0 Å². The fourth-order valence-electron chi connectivity index (χ4n) is 9.53. The SMILES string of the molecule is c1ccc(-c2ccc3c4c(ccc3c2)Oc2ccc3cc(-c5ccccc5)ccc3c2C4c2ccc(-c3ccc4c5ccccc5n(-c5ccccc5)c4c3)cc2)cc1. The summed E-state index contributed by atoms with van der Waals surface area (Å²) in [6.07, 6.45) is 0. The van der Waals surface area contributed by atoms with E-state index < -0.39 is 0 Å². The van der Waals surface area contributed by atoms with Gasteiger partial charge in [0.1, 0.15) is 11.5 Å². The van der Waals surface area contributed by atoms with Crippen LogP contribution in [0.2, 0.25) is 0 Å². The maximum Gasteiger partial charge on any atom is 0.132 e. The van der Waals surface area contributed by atoms with Crippen LogP contribution in [0.4, 0.5) is 0 Å². The third kappa shape index (κ3) is 5.49. The van der Waals surface area contributed by atoms with Crippen LogP contribution in [0.1, 0.15) is 22.6 Å². The molecular formula is C57H37NO. The van der Waals surface area contributed by atoms with Gasteiger partial charge in [-0.25, -0.2) is 0 Å². The van der Waals surface area contributed by atoms with Gasteiger partial charge in [-0.15, -0.1) is 0 Å². The molecule has 12 rings (SSSR count). The summed E-state index contributed by atoms with van der Waals surface area (Å²) in [4.78, 5) is 0. The highest BCUT2D eigenvalue weighted by molar-refractivity contribution is 6.10. The Morgan fingerprint density at radius 2 is 0.780 bits per heavy atom. The molecule has 0 spiro atoms. The molecule has 2 nitrogen and oxygen atoms in total. The second-order valence-electron chi connectivity index (χ2n) is 15.6. The minimum absolute atomic E-state index is 0.0524. The Balaban J connectivity index is 1.03. The molecule has 1 aliphatic rings. The predicted octanol–water partition coefficient (Wildman–Crippen LogP) is 15.4. The van der Waals surface area contributed by atoms with Crippen molar-refractivity contribution in [3.63, 3.8) is 0 Å². The normalized spacial score (nSPS) is 12.5. The lowest BCUT2D eigenvalue weighted by Gasteiger charge is -2.31. The minimum Gasteiger partial charge on any atom is -0.457 e. The summed E-state index contributed by atoms with van der Waals surface area (Å²) in [5, 5.41) is 7.33. The molecule has 0 aliphatic carbocycles. The van der Waals surface area contributed by atoms with Gasteiger partial charge >= 0.3 is 0 Å². The predicted molar refractivity (Wildman–Crippen MR) is 246 cm³/mol. The Hall–Kier alpha value is -7.68. The molecule has 0 saturated carbocycles. The second-order valence-corrected chi connectivity index (χ2v) is 15.6. The van der Waals surface area contributed by atoms with Crippen molar-refractivity contribution in [3.8, 4) is 50.6 Å². The number of benzene rings is 10. The van der Waals surface area contributed by atoms with E-state index in [1.165, 1.54) is 93.4 Å². The van der Waals surface area contributed by atoms with E-state index in [1.54, 1.807) is 0 Å². The van der Waals surface area contributed by atoms with Crippen LogP contribution in [0.15, 0.2) is 218 Å². The molecule has 276 valence electrons. The topological polar surface area (TPSA) is 14.2 Å². The van der Waals surface area contributed by atoms with Gasteiger partial charge in [0.25, 0.3) is 0 Å². The van der Waals surface area contributed by atoms with Crippen LogP contribution in [0.3, 0.4) is 0 Å². The maximum atomic E-state index is 6.88. The monoisotopic (exact) mass is 751 g/mol. The van der Waals surface area contributed by atoms with Crippen LogP contribution < -0.4 is 4.74 Å². The van der Waals surface area contributed by atoms with Crippen LogP contribution in [-0.4, -0.2) is 4.57 Å². The van der Waals surface area contributed by atoms with E-state index in [9.17, 15) is 0 Å². The zero-order valence-electron chi connectivity index (χ0n) is 32.2. The first-order valence-electron chi connectivity index (χ1n) is 20.4. The van der Waals surface area contributed by atoms with Gasteiger partial charge in [0.2, 0.25) is 0 Å². The van der Waals surface area contributed by atoms with Crippen molar-refractivity contribution in [3.05, 3.63) is 235 Å². The lowest BCUT2D eigenvalue weighted by atomic mass is 9.78. The van der Waals surface area contributed by atoms with Gasteiger partial charge in [-0.05, 0) is 109 Å². The number of para-hydroxylation sites is 2. The Morgan fingerprint density at radius 1 is 0.322 bits per heavy atom. The standard InChI is InChI=1S/C57H37NO/c1-4-12-37(13-5-1)41-24-29-47-44(34-41)27-32-53-56(47)55(57-48-30-25-42(38-14-6-2-7-15-38)35-45(48)28-33-54(57)59-53)40-22-20-39(21-23-40)43-26-31-50-49-18-10-11-19-51(49)58(52(50)36-43)46-16-8-3-9-17-46/h1-36,55H. The number of aromatic nitrogens is 1. The van der Waals surface area contributed by atoms with Crippen LogP contribution in [0.5, 0.6) is 11.5 Å². The van der Waals surface area contributed by atoms with E-state index in [0.29, 0.717) is 0 Å². The van der Waals surface area contributed by atoms with Gasteiger partial charge in [0, 0.05) is 33.5 Å². The van der Waals surface area contributed by atoms with Crippen molar-refractivity contribution < 1.29 is 4.74 Å². The number of rotatable bonds is 5. The number of ether oxygens (including phenoxy) is 1. The van der Waals surface area contributed by atoms with E-state index in [1.807, 2.05) is 0 Å². The Morgan fingerprint density at radius 3 is 1.37 bits per heavy atom. The molecule has 1 aliphatic heterocycles. The first-order valence-corrected chi connectivity index (χ1v) is 20.4. The van der Waals surface area contributed by atoms with Gasteiger partial charge in [-0.3, -0.25) is 0 Å². The lowest BCUT2D eigenvalue weighted by Crippen LogP contribution is -2.13. The zero-order valence-corrected chi connectivity index (χ0v) is 32.2. The molecule has 2 heterocycles. The van der Waals surface area contributed by atoms with Crippen molar-refractivity contribution in [1.29, 1.82) is 0 Å². The molecule has 0 unspecified atom stereocenters. The van der Waals surface area contributed by atoms with E-state index >= 15 is 0 Å². The fraction of sp³-hybridized carbons (Fsp3) is 0.0175. The largest absolute Gasteiger partial charge is 0.457 e. The average molecular weight is 752 g/mol. The van der Waals surface area contributed by atoms with E-state index in [0.717, 1.165) is 17.2 Å². The molecular weight excluding hydrogens is 715 g/mol. The minimum atomic E-state index is -0.0524. The third-order valence-corrected chi connectivity index (χ3v) is 12.3. The molecule has 10 aromatic carbocycles. The van der Waals surface area contributed by atoms with Gasteiger partial charge in [-0.1, -0.05) is 170 Å². The van der Waals surface area contributed by atoms with E-state index in [4.69, 9.17) is 4.74 Å². The van der Waals surface area contributed by atoms with Gasteiger partial charge < -0.3 is 9.30 Å². The summed E-state index contributed by atoms with van der Waals surface area (Å²) < 4.78 is 9.27. The highest BCUT2D eigenvalue weighted by Gasteiger charge is 2.32. The van der Waals surface area contributed by atoms with Crippen molar-refractivity contribution in [1.82, 2.24) is 4.57 Å². The average Bonchev–Trinajstić information content (AvgIpc) is 3.65. The molecule has 1 aromatic heterocycles. The Bertz CT molecular complexity index is 3250. The van der Waals surface area contributed by atoms with Crippen molar-refractivity contribution in [2.45, 2.75) is 5.92 Å². The summed E-state index contributed by atoms with van der Waals surface area (Å²) in [6.45, 7) is 0. The summed E-state index contributed by atoms with van der Waals surface area (Å²) in [7, 11) is 0. The van der Waals surface area contributed by atoms with Crippen LogP contribution in [-0.2, 0) is 0 Å². The molecule has 0 atom stereocenters. The molecule has 11 aromatic rings. The molecule has 0 radical (unpaired) electrons. The number of hydrogen-bond donors (Lipinski definition) is 0. The van der Waals surface area contributed by atoms with E-state index in [-0.39, 0.29) is 5.92 Å². The molecule has 0 fully saturated rings. The molecule has 0 bridgehead atoms. The van der Waals surface area contributed by atoms with Gasteiger partial charge in [-0.2, -0.15) is 0 Å². The summed E-state index contributed by atoms with van der Waals surface area (Å²) in [6, 6.07) is 79.4. The summed E-state index contributed by atoms with van der Waals surface area (Å²) >= 11 is 0. The quantitative estimate of drug-likeness (QED) is 0.171. The number of fused-ring (bicyclic) bond motifs is 9. The van der Waals surface area contributed by atoms with Crippen LogP contribution in [0, 0.1) is 0 Å². The molecule has 59 heavy (non-hydrogen) atoms. The molecule has 0 amide bonds. The smallest absolute Gasteiger partial charge is 0.132 e. The number of nitrogens with zero attached hydrogens (tertiary/aromatic N) is 1. The first-order chi connectivity index (χ1) is 29.2. The maximum absolute atomic E-state index is 6.88. The molecule has 0 N–H and O–H groups in total. The van der Waals surface area contributed by atoms with E-state index in [2.05, 4.69) is 223 Å². The fourth-order valence-corrected chi connectivity index (χ4v) is 9.53. The number of hydrogen-bond acceptors (Lipinski definition) is 1. The zero-order chi connectivity index (χ0) is 38.9. The van der Waals surface area contributed by atoms with Crippen molar-refractivity contribution >= 4 is 43.4 Å². The Labute approximate surface area is 342 Å². The molecule has 2 heteroatoms. The van der Waals surface area contributed by atoms with Crippen molar-refractivity contribution in [2.24, 2.45) is 0 Å². The summed E-state index contributed by atoms with van der Waals surface area (Å²) in [5.41, 5.74) is 14.4. The summed E-state index contributed by atoms with van der Waals surface area (Å²) in [5.74, 6) is 1.76. The van der Waals surface area contributed by atoms with Crippen LogP contribution >= 0.6 is 0 Å². The second kappa shape index (κ2) is 13.5. The molecule has 0 saturated heterocycles. The third-order valence-electron chi connectivity index (χ3n) is 12.3. The first kappa shape index (κ1) is 33.5. The van der Waals surface area contributed by atoms with Gasteiger partial charge in [0.15, 0.2) is 0 Å². The highest BCUT2D eigenvalue weighted by Crippen LogP contribution is 2.53. The Kier molecular flexibility index (Phi) is 7.64. The highest BCUT2D eigenvalue weighted by atomic mass is 16.5.